The van der Waals surface area contributed by atoms with Crippen molar-refractivity contribution in [2.45, 2.75) is 31.1 Å². The van der Waals surface area contributed by atoms with E-state index in [0.717, 1.165) is 0 Å². The van der Waals surface area contributed by atoms with E-state index in [4.69, 9.17) is 10.2 Å². The number of aliphatic hydroxyl groups is 1. The third kappa shape index (κ3) is 4.26. The molecule has 2 N–H and O–H groups in total. The van der Waals surface area contributed by atoms with Gasteiger partial charge in [0.15, 0.2) is 0 Å². The molecule has 1 atom stereocenters. The highest BCUT2D eigenvalue weighted by Gasteiger charge is 2.09. The maximum Gasteiger partial charge on any atom is 0.325 e. The zero-order valence-electron chi connectivity index (χ0n) is 8.20. The molecule has 0 saturated heterocycles. The average molecular weight is 232 g/mol. The monoisotopic (exact) mass is 232 g/mol. The van der Waals surface area contributed by atoms with E-state index in [1.807, 2.05) is 0 Å². The Bertz CT molecular complexity index is 328. The molecular weight excluding hydrogens is 220 g/mol. The third-order valence-electron chi connectivity index (χ3n) is 1.55. The number of rotatable bonds is 6. The zero-order chi connectivity index (χ0) is 11.3. The second-order valence-electron chi connectivity index (χ2n) is 3.00. The number of nitrogens with zero attached hydrogens (tertiary/aromatic N) is 4. The minimum Gasteiger partial charge on any atom is -0.480 e. The number of aliphatic hydroxyl groups excluding tert-OH is 1. The molecule has 0 aromatic carbocycles. The molecule has 0 aliphatic heterocycles. The molecule has 7 nitrogen and oxygen atoms in total. The minimum absolute atomic E-state index is 0.246. The van der Waals surface area contributed by atoms with Crippen molar-refractivity contribution < 1.29 is 15.0 Å². The molecule has 0 aliphatic carbocycles. The lowest BCUT2D eigenvalue weighted by Gasteiger charge is -2.03. The molecule has 1 unspecified atom stereocenters. The maximum absolute atomic E-state index is 10.4. The first-order chi connectivity index (χ1) is 7.09. The van der Waals surface area contributed by atoms with Crippen LogP contribution in [0, 0.1) is 0 Å². The summed E-state index contributed by atoms with van der Waals surface area (Å²) in [5.74, 6) is -0.336. The van der Waals surface area contributed by atoms with Crippen LogP contribution in [-0.4, -0.2) is 48.2 Å². The Morgan fingerprint density at radius 3 is 3.00 bits per heavy atom. The van der Waals surface area contributed by atoms with Gasteiger partial charge in [0.05, 0.1) is 6.10 Å². The Morgan fingerprint density at radius 1 is 1.67 bits per heavy atom. The second-order valence-corrected chi connectivity index (χ2v) is 4.06. The van der Waals surface area contributed by atoms with Crippen LogP contribution in [0.5, 0.6) is 0 Å². The fourth-order valence-corrected chi connectivity index (χ4v) is 1.83. The van der Waals surface area contributed by atoms with Gasteiger partial charge in [-0.3, -0.25) is 4.79 Å². The van der Waals surface area contributed by atoms with E-state index < -0.39 is 5.97 Å². The molecule has 84 valence electrons. The van der Waals surface area contributed by atoms with Crippen LogP contribution in [-0.2, 0) is 11.3 Å². The van der Waals surface area contributed by atoms with Crippen molar-refractivity contribution in [3.8, 4) is 0 Å². The smallest absolute Gasteiger partial charge is 0.325 e. The van der Waals surface area contributed by atoms with E-state index >= 15 is 0 Å². The van der Waals surface area contributed by atoms with Gasteiger partial charge in [0.1, 0.15) is 6.54 Å². The molecule has 0 radical (unpaired) electrons. The Labute approximate surface area is 90.5 Å². The van der Waals surface area contributed by atoms with Crippen molar-refractivity contribution >= 4 is 17.7 Å². The molecule has 1 heterocycles. The molecule has 1 rings (SSSR count). The molecule has 1 aromatic heterocycles. The number of tetrazole rings is 1. The number of aromatic nitrogens is 4. The minimum atomic E-state index is -0.986. The number of thioether (sulfide) groups is 1. The summed E-state index contributed by atoms with van der Waals surface area (Å²) in [6.45, 7) is 1.45. The highest BCUT2D eigenvalue weighted by atomic mass is 32.2. The molecule has 0 bridgehead atoms. The van der Waals surface area contributed by atoms with Gasteiger partial charge in [0, 0.05) is 5.75 Å². The van der Waals surface area contributed by atoms with Crippen LogP contribution >= 0.6 is 11.8 Å². The molecule has 0 fully saturated rings. The van der Waals surface area contributed by atoms with Crippen LogP contribution in [0.15, 0.2) is 5.16 Å². The maximum atomic E-state index is 10.4. The Hall–Kier alpha value is -1.15. The highest BCUT2D eigenvalue weighted by molar-refractivity contribution is 7.99. The third-order valence-corrected chi connectivity index (χ3v) is 2.54. The first-order valence-corrected chi connectivity index (χ1v) is 5.37. The molecule has 0 amide bonds. The van der Waals surface area contributed by atoms with Crippen LogP contribution < -0.4 is 0 Å². The van der Waals surface area contributed by atoms with Crippen molar-refractivity contribution in [2.75, 3.05) is 5.75 Å². The topological polar surface area (TPSA) is 101 Å². The molecule has 0 saturated carbocycles. The predicted octanol–water partition coefficient (Wildman–Crippen LogP) is -0.379. The molecule has 0 aliphatic rings. The van der Waals surface area contributed by atoms with Crippen LogP contribution in [0.2, 0.25) is 0 Å². The summed E-state index contributed by atoms with van der Waals surface area (Å²) in [6.07, 6.45) is 0.242. The van der Waals surface area contributed by atoms with E-state index in [1.165, 1.54) is 16.4 Å². The van der Waals surface area contributed by atoms with Gasteiger partial charge in [-0.25, -0.2) is 4.68 Å². The van der Waals surface area contributed by atoms with E-state index in [-0.39, 0.29) is 12.6 Å². The van der Waals surface area contributed by atoms with Gasteiger partial charge in [-0.2, -0.15) is 0 Å². The number of hydrogen-bond donors (Lipinski definition) is 2. The molecular formula is C7H12N4O3S. The molecule has 8 heteroatoms. The summed E-state index contributed by atoms with van der Waals surface area (Å²) in [5, 5.41) is 28.7. The Morgan fingerprint density at radius 2 is 2.40 bits per heavy atom. The number of aliphatic carboxylic acids is 1. The zero-order valence-corrected chi connectivity index (χ0v) is 9.01. The molecule has 15 heavy (non-hydrogen) atoms. The predicted molar refractivity (Wildman–Crippen MR) is 52.5 cm³/mol. The normalized spacial score (nSPS) is 12.7. The Kier molecular flexibility index (Phi) is 4.50. The van der Waals surface area contributed by atoms with Crippen molar-refractivity contribution in [3.05, 3.63) is 0 Å². The first kappa shape index (κ1) is 11.9. The lowest BCUT2D eigenvalue weighted by Crippen LogP contribution is -2.11. The van der Waals surface area contributed by atoms with Gasteiger partial charge in [-0.05, 0) is 23.8 Å². The fraction of sp³-hybridized carbons (Fsp3) is 0.714. The summed E-state index contributed by atoms with van der Waals surface area (Å²) < 4.78 is 1.22. The molecule has 0 spiro atoms. The van der Waals surface area contributed by atoms with E-state index in [9.17, 15) is 4.79 Å². The Balaban J connectivity index is 2.46. The number of carboxylic acids is 1. The first-order valence-electron chi connectivity index (χ1n) is 4.38. The van der Waals surface area contributed by atoms with Gasteiger partial charge in [0.2, 0.25) is 5.16 Å². The SMILES string of the molecule is CC(O)CCSc1nnnn1CC(=O)O. The van der Waals surface area contributed by atoms with Crippen LogP contribution in [0.1, 0.15) is 13.3 Å². The van der Waals surface area contributed by atoms with Crippen molar-refractivity contribution in [1.29, 1.82) is 0 Å². The number of carbonyl (C=O) groups is 1. The second kappa shape index (κ2) is 5.66. The quantitative estimate of drug-likeness (QED) is 0.645. The highest BCUT2D eigenvalue weighted by Crippen LogP contribution is 2.15. The standard InChI is InChI=1S/C7H12N4O3S/c1-5(12)2-3-15-7-8-9-10-11(7)4-6(13)14/h5,12H,2-4H2,1H3,(H,13,14). The summed E-state index contributed by atoms with van der Waals surface area (Å²) in [7, 11) is 0. The van der Waals surface area contributed by atoms with Crippen molar-refractivity contribution in [3.63, 3.8) is 0 Å². The van der Waals surface area contributed by atoms with Gasteiger partial charge in [0.25, 0.3) is 0 Å². The van der Waals surface area contributed by atoms with Crippen molar-refractivity contribution in [2.24, 2.45) is 0 Å². The summed E-state index contributed by atoms with van der Waals surface area (Å²) in [4.78, 5) is 10.4. The summed E-state index contributed by atoms with van der Waals surface area (Å²) >= 11 is 1.33. The summed E-state index contributed by atoms with van der Waals surface area (Å²) in [6, 6.07) is 0. The average Bonchev–Trinajstić information content (AvgIpc) is 2.51. The largest absolute Gasteiger partial charge is 0.480 e. The van der Waals surface area contributed by atoms with Crippen LogP contribution in [0.3, 0.4) is 0 Å². The van der Waals surface area contributed by atoms with Gasteiger partial charge in [-0.15, -0.1) is 5.10 Å². The fourth-order valence-electron chi connectivity index (χ4n) is 0.848. The van der Waals surface area contributed by atoms with E-state index in [2.05, 4.69) is 15.5 Å². The van der Waals surface area contributed by atoms with Crippen LogP contribution in [0.25, 0.3) is 0 Å². The van der Waals surface area contributed by atoms with Crippen LogP contribution in [0.4, 0.5) is 0 Å². The lowest BCUT2D eigenvalue weighted by atomic mass is 10.3. The van der Waals surface area contributed by atoms with Gasteiger partial charge in [-0.1, -0.05) is 11.8 Å². The summed E-state index contributed by atoms with van der Waals surface area (Å²) in [5.41, 5.74) is 0. The number of hydrogen-bond acceptors (Lipinski definition) is 6. The number of carboxylic acid groups (broad SMARTS) is 1. The van der Waals surface area contributed by atoms with E-state index in [0.29, 0.717) is 17.3 Å². The van der Waals surface area contributed by atoms with Gasteiger partial charge >= 0.3 is 5.97 Å². The van der Waals surface area contributed by atoms with E-state index in [1.54, 1.807) is 6.92 Å². The van der Waals surface area contributed by atoms with Gasteiger partial charge < -0.3 is 10.2 Å². The molecule has 1 aromatic rings. The lowest BCUT2D eigenvalue weighted by molar-refractivity contribution is -0.138. The van der Waals surface area contributed by atoms with Crippen molar-refractivity contribution in [1.82, 2.24) is 20.2 Å².